The highest BCUT2D eigenvalue weighted by molar-refractivity contribution is 6.06. The smallest absolute Gasteiger partial charge is 0.422 e. The van der Waals surface area contributed by atoms with Gasteiger partial charge in [0.15, 0.2) is 12.4 Å². The second kappa shape index (κ2) is 12.1. The summed E-state index contributed by atoms with van der Waals surface area (Å²) in [4.78, 5) is 28.7. The lowest BCUT2D eigenvalue weighted by Gasteiger charge is -2.58. The number of H-pyrrole nitrogens is 1. The van der Waals surface area contributed by atoms with Gasteiger partial charge in [-0.1, -0.05) is 19.6 Å². The number of nitrogens with zero attached hydrogens (tertiary/aromatic N) is 6. The summed E-state index contributed by atoms with van der Waals surface area (Å²) in [7, 11) is 0. The summed E-state index contributed by atoms with van der Waals surface area (Å²) in [6.07, 6.45) is 3.85. The van der Waals surface area contributed by atoms with Crippen LogP contribution in [0.3, 0.4) is 0 Å². The molecule has 13 heteroatoms. The van der Waals surface area contributed by atoms with Crippen molar-refractivity contribution in [2.45, 2.75) is 70.6 Å². The molecule has 5 aliphatic rings. The summed E-state index contributed by atoms with van der Waals surface area (Å²) in [5, 5.41) is 8.80. The SMILES string of the molecule is C=CC(=O)N1CC2(CCN(c3nc(OC4CC5(C4)CN(CC)C5)nc4c(OCC(F)(F)F)c(-c5c(C)ccc6[nH]ncc56)c(C5CC5)cc34)CC2)C1. The second-order valence-corrected chi connectivity index (χ2v) is 16.0. The van der Waals surface area contributed by atoms with Crippen molar-refractivity contribution in [2.24, 2.45) is 10.8 Å². The van der Waals surface area contributed by atoms with E-state index < -0.39 is 12.8 Å². The van der Waals surface area contributed by atoms with E-state index in [1.54, 1.807) is 6.20 Å². The van der Waals surface area contributed by atoms with Crippen LogP contribution in [0, 0.1) is 17.8 Å². The molecule has 2 aromatic carbocycles. The number of amides is 1. The molecule has 3 saturated heterocycles. The van der Waals surface area contributed by atoms with Crippen molar-refractivity contribution < 1.29 is 27.4 Å². The Morgan fingerprint density at radius 2 is 1.81 bits per heavy atom. The number of alkyl halides is 3. The highest BCUT2D eigenvalue weighted by atomic mass is 19.4. The van der Waals surface area contributed by atoms with E-state index in [1.165, 1.54) is 6.08 Å². The molecule has 0 bridgehead atoms. The number of carbonyl (C=O) groups is 1. The number of aryl methyl sites for hydroxylation is 1. The summed E-state index contributed by atoms with van der Waals surface area (Å²) in [5.74, 6) is 0.888. The molecule has 52 heavy (non-hydrogen) atoms. The normalized spacial score (nSPS) is 21.3. The standard InChI is InChI=1S/C39H44F3N7O3/c1-4-30(50)49-20-37(21-49)10-12-48(13-11-37)35-27-14-26(24-7-8-24)32(31-23(3)6-9-29-28(31)17-43-46-29)34(51-22-39(40,41)42)33(27)44-36(45-35)52-25-15-38(16-25)18-47(5-2)19-38/h4,6,9,14,17,24-25H,1,5,7-8,10-13,15-16,18-22H2,2-3H3,(H,43,46). The number of likely N-dealkylation sites (tertiary alicyclic amines) is 2. The Morgan fingerprint density at radius 3 is 2.48 bits per heavy atom. The number of halogens is 3. The molecule has 2 aromatic heterocycles. The Hall–Kier alpha value is -4.39. The van der Waals surface area contributed by atoms with Gasteiger partial charge in [-0.25, -0.2) is 0 Å². The molecule has 4 aromatic rings. The van der Waals surface area contributed by atoms with Crippen LogP contribution in [0.4, 0.5) is 19.0 Å². The molecule has 274 valence electrons. The number of aromatic nitrogens is 4. The quantitative estimate of drug-likeness (QED) is 0.190. The maximum atomic E-state index is 14.0. The molecule has 1 N–H and O–H groups in total. The highest BCUT2D eigenvalue weighted by Crippen LogP contribution is 2.54. The van der Waals surface area contributed by atoms with E-state index in [9.17, 15) is 18.0 Å². The number of fused-ring (bicyclic) bond motifs is 2. The molecule has 2 aliphatic carbocycles. The summed E-state index contributed by atoms with van der Waals surface area (Å²) < 4.78 is 54.6. The molecule has 0 atom stereocenters. The fourth-order valence-corrected chi connectivity index (χ4v) is 9.32. The molecule has 5 heterocycles. The predicted octanol–water partition coefficient (Wildman–Crippen LogP) is 6.78. The van der Waals surface area contributed by atoms with Crippen molar-refractivity contribution in [2.75, 3.05) is 57.3 Å². The molecule has 1 amide bonds. The number of anilines is 1. The zero-order valence-corrected chi connectivity index (χ0v) is 29.7. The van der Waals surface area contributed by atoms with Gasteiger partial charge < -0.3 is 24.2 Å². The number of aromatic amines is 1. The van der Waals surface area contributed by atoms with Crippen molar-refractivity contribution in [1.29, 1.82) is 0 Å². The van der Waals surface area contributed by atoms with Gasteiger partial charge in [0.2, 0.25) is 5.91 Å². The maximum Gasteiger partial charge on any atom is 0.422 e. The van der Waals surface area contributed by atoms with Crippen LogP contribution in [0.5, 0.6) is 11.8 Å². The number of ether oxygens (including phenoxy) is 2. The molecule has 10 nitrogen and oxygen atoms in total. The van der Waals surface area contributed by atoms with Crippen LogP contribution in [-0.2, 0) is 4.79 Å². The van der Waals surface area contributed by atoms with Gasteiger partial charge in [0, 0.05) is 66.4 Å². The number of carbonyl (C=O) groups excluding carboxylic acids is 1. The third-order valence-corrected chi connectivity index (χ3v) is 12.2. The average molecular weight is 716 g/mol. The van der Waals surface area contributed by atoms with Crippen molar-refractivity contribution in [3.63, 3.8) is 0 Å². The van der Waals surface area contributed by atoms with E-state index in [-0.39, 0.29) is 40.5 Å². The van der Waals surface area contributed by atoms with Crippen LogP contribution in [0.15, 0.2) is 37.1 Å². The van der Waals surface area contributed by atoms with E-state index in [0.29, 0.717) is 48.5 Å². The number of benzene rings is 2. The molecule has 9 rings (SSSR count). The first kappa shape index (κ1) is 33.4. The van der Waals surface area contributed by atoms with Crippen molar-refractivity contribution in [1.82, 2.24) is 30.0 Å². The topological polar surface area (TPSA) is 99.7 Å². The minimum atomic E-state index is -4.56. The summed E-state index contributed by atoms with van der Waals surface area (Å²) in [5.41, 5.74) is 4.70. The van der Waals surface area contributed by atoms with E-state index >= 15 is 0 Å². The average Bonchev–Trinajstić information content (AvgIpc) is 3.81. The Kier molecular flexibility index (Phi) is 7.77. The van der Waals surface area contributed by atoms with Crippen molar-refractivity contribution in [3.05, 3.63) is 48.2 Å². The summed E-state index contributed by atoms with van der Waals surface area (Å²) in [6, 6.07) is 6.17. The fraction of sp³-hybridized carbons (Fsp3) is 0.538. The van der Waals surface area contributed by atoms with Crippen molar-refractivity contribution in [3.8, 4) is 22.9 Å². The van der Waals surface area contributed by atoms with Gasteiger partial charge in [0.1, 0.15) is 17.4 Å². The van der Waals surface area contributed by atoms with Crippen LogP contribution < -0.4 is 14.4 Å². The lowest BCUT2D eigenvalue weighted by molar-refractivity contribution is -0.153. The van der Waals surface area contributed by atoms with E-state index in [2.05, 4.69) is 39.6 Å². The number of piperidine rings is 1. The fourth-order valence-electron chi connectivity index (χ4n) is 9.32. The van der Waals surface area contributed by atoms with Gasteiger partial charge in [-0.3, -0.25) is 9.89 Å². The first-order chi connectivity index (χ1) is 25.0. The minimum absolute atomic E-state index is 0.0425. The summed E-state index contributed by atoms with van der Waals surface area (Å²) in [6.45, 7) is 12.2. The van der Waals surface area contributed by atoms with E-state index in [1.807, 2.05) is 24.0 Å². The minimum Gasteiger partial charge on any atom is -0.481 e. The van der Waals surface area contributed by atoms with Crippen LogP contribution in [0.2, 0.25) is 0 Å². The third kappa shape index (κ3) is 5.75. The largest absolute Gasteiger partial charge is 0.481 e. The van der Waals surface area contributed by atoms with E-state index in [0.717, 1.165) is 85.8 Å². The van der Waals surface area contributed by atoms with Crippen LogP contribution in [-0.4, -0.2) is 101 Å². The lowest BCUT2D eigenvalue weighted by atomic mass is 9.62. The molecule has 3 aliphatic heterocycles. The first-order valence-electron chi connectivity index (χ1n) is 18.5. The molecule has 2 spiro atoms. The highest BCUT2D eigenvalue weighted by Gasteiger charge is 2.53. The zero-order valence-electron chi connectivity index (χ0n) is 29.7. The first-order valence-corrected chi connectivity index (χ1v) is 18.5. The Labute approximate surface area is 300 Å². The monoisotopic (exact) mass is 715 g/mol. The number of hydrogen-bond donors (Lipinski definition) is 1. The molecule has 0 radical (unpaired) electrons. The van der Waals surface area contributed by atoms with Gasteiger partial charge in [-0.05, 0) is 92.8 Å². The number of hydrogen-bond acceptors (Lipinski definition) is 8. The molecule has 2 saturated carbocycles. The van der Waals surface area contributed by atoms with Crippen molar-refractivity contribution >= 4 is 33.5 Å². The molecular weight excluding hydrogens is 671 g/mol. The molecule has 0 unspecified atom stereocenters. The third-order valence-electron chi connectivity index (χ3n) is 12.2. The zero-order chi connectivity index (χ0) is 36.0. The van der Waals surface area contributed by atoms with Gasteiger partial charge >= 0.3 is 12.2 Å². The number of nitrogens with one attached hydrogen (secondary N) is 1. The van der Waals surface area contributed by atoms with Gasteiger partial charge in [0.25, 0.3) is 0 Å². The Bertz CT molecular complexity index is 2060. The predicted molar refractivity (Wildman–Crippen MR) is 192 cm³/mol. The van der Waals surface area contributed by atoms with Gasteiger partial charge in [-0.2, -0.15) is 28.2 Å². The van der Waals surface area contributed by atoms with E-state index in [4.69, 9.17) is 19.4 Å². The Balaban J connectivity index is 1.17. The van der Waals surface area contributed by atoms with Crippen LogP contribution in [0.1, 0.15) is 62.5 Å². The second-order valence-electron chi connectivity index (χ2n) is 16.0. The lowest BCUT2D eigenvalue weighted by Crippen LogP contribution is -2.64. The van der Waals surface area contributed by atoms with Crippen LogP contribution >= 0.6 is 0 Å². The Morgan fingerprint density at radius 1 is 1.06 bits per heavy atom. The maximum absolute atomic E-state index is 14.0. The number of rotatable bonds is 9. The summed E-state index contributed by atoms with van der Waals surface area (Å²) >= 11 is 0. The van der Waals surface area contributed by atoms with Crippen LogP contribution in [0.25, 0.3) is 32.9 Å². The van der Waals surface area contributed by atoms with Gasteiger partial charge in [-0.15, -0.1) is 0 Å². The molecule has 5 fully saturated rings. The molecular formula is C39H44F3N7O3. The van der Waals surface area contributed by atoms with Gasteiger partial charge in [0.05, 0.1) is 11.7 Å².